The van der Waals surface area contributed by atoms with Gasteiger partial charge in [-0.3, -0.25) is 0 Å². The Kier molecular flexibility index (Phi) is 4.96. The van der Waals surface area contributed by atoms with Crippen molar-refractivity contribution >= 4 is 9.05 Å². The fourth-order valence-corrected chi connectivity index (χ4v) is 2.16. The molecule has 0 saturated carbocycles. The maximum atomic E-state index is 9.63. The molecule has 0 fully saturated rings. The zero-order valence-electron chi connectivity index (χ0n) is 8.33. The Bertz CT molecular complexity index is 117. The van der Waals surface area contributed by atoms with Gasteiger partial charge in [-0.05, 0) is 27.7 Å². The fraction of sp³-hybridized carbons (Fsp3) is 1.00. The van der Waals surface area contributed by atoms with Crippen molar-refractivity contribution in [3.05, 3.63) is 0 Å². The molecule has 0 heterocycles. The van der Waals surface area contributed by atoms with Gasteiger partial charge in [0.25, 0.3) is 0 Å². The first kappa shape index (κ1) is 12.1. The van der Waals surface area contributed by atoms with E-state index in [9.17, 15) is 4.80 Å². The minimum atomic E-state index is -3.35. The largest absolute Gasteiger partial charge is 0.677 e. The third-order valence-electron chi connectivity index (χ3n) is 1.03. The molecule has 4 nitrogen and oxygen atoms in total. The van der Waals surface area contributed by atoms with E-state index in [1.54, 1.807) is 0 Å². The van der Waals surface area contributed by atoms with Crippen molar-refractivity contribution in [2.45, 2.75) is 39.9 Å². The molecule has 0 spiro atoms. The van der Waals surface area contributed by atoms with Crippen molar-refractivity contribution in [3.63, 3.8) is 0 Å². The highest BCUT2D eigenvalue weighted by atomic mass is 28.4. The van der Waals surface area contributed by atoms with E-state index >= 15 is 0 Å². The van der Waals surface area contributed by atoms with Crippen LogP contribution in [0, 0.1) is 0 Å². The van der Waals surface area contributed by atoms with Crippen LogP contribution in [-0.4, -0.2) is 33.2 Å². The van der Waals surface area contributed by atoms with Crippen LogP contribution in [0.3, 0.4) is 0 Å². The summed E-state index contributed by atoms with van der Waals surface area (Å²) in [7, 11) is -1.96. The summed E-state index contributed by atoms with van der Waals surface area (Å²) in [5.41, 5.74) is 0. The summed E-state index contributed by atoms with van der Waals surface area (Å²) in [6.45, 7) is 7.28. The van der Waals surface area contributed by atoms with Crippen LogP contribution in [0.4, 0.5) is 0 Å². The summed E-state index contributed by atoms with van der Waals surface area (Å²) in [4.78, 5) is 9.63. The molecule has 0 aromatic rings. The van der Waals surface area contributed by atoms with Crippen molar-refractivity contribution in [1.29, 1.82) is 0 Å². The van der Waals surface area contributed by atoms with Crippen molar-refractivity contribution < 1.29 is 18.1 Å². The Morgan fingerprint density at radius 3 is 1.50 bits per heavy atom. The van der Waals surface area contributed by atoms with E-state index < -0.39 is 9.05 Å². The van der Waals surface area contributed by atoms with Gasteiger partial charge in [-0.15, -0.1) is 0 Å². The Morgan fingerprint density at radius 1 is 1.00 bits per heavy atom. The molecule has 5 heteroatoms. The van der Waals surface area contributed by atoms with Gasteiger partial charge in [0.2, 0.25) is 0 Å². The lowest BCUT2D eigenvalue weighted by Crippen LogP contribution is -2.48. The molecule has 0 aromatic carbocycles. The van der Waals surface area contributed by atoms with Gasteiger partial charge in [0.1, 0.15) is 0 Å². The maximum Gasteiger partial charge on any atom is 0.677 e. The van der Waals surface area contributed by atoms with Gasteiger partial charge in [-0.1, -0.05) is 0 Å². The van der Waals surface area contributed by atoms with E-state index in [2.05, 4.69) is 0 Å². The maximum absolute atomic E-state index is 9.63. The summed E-state index contributed by atoms with van der Waals surface area (Å²) in [5, 5.41) is 0. The molecule has 0 radical (unpaired) electrons. The van der Waals surface area contributed by atoms with Gasteiger partial charge in [-0.2, -0.15) is 0 Å². The van der Waals surface area contributed by atoms with Gasteiger partial charge in [-0.25, -0.2) is 0 Å². The molecule has 1 N–H and O–H groups in total. The fourth-order valence-electron chi connectivity index (χ4n) is 0.720. The average Bonchev–Trinajstić information content (AvgIpc) is 1.83. The number of hydrogen-bond acceptors (Lipinski definition) is 4. The van der Waals surface area contributed by atoms with E-state index in [0.717, 1.165) is 0 Å². The summed E-state index contributed by atoms with van der Waals surface area (Å²) >= 11 is 0. The van der Waals surface area contributed by atoms with Crippen LogP contribution >= 0.6 is 0 Å². The van der Waals surface area contributed by atoms with Gasteiger partial charge in [0.15, 0.2) is 0 Å². The Hall–Kier alpha value is 0.0569. The van der Waals surface area contributed by atoms with Gasteiger partial charge in [0.05, 0.1) is 0 Å². The molecule has 0 aromatic heterocycles. The zero-order valence-corrected chi connectivity index (χ0v) is 9.33. The summed E-state index contributed by atoms with van der Waals surface area (Å²) in [6.07, 6.45) is -0.194. The molecule has 74 valence electrons. The van der Waals surface area contributed by atoms with Crippen LogP contribution in [0.1, 0.15) is 27.7 Å². The highest BCUT2D eigenvalue weighted by Crippen LogP contribution is 2.09. The van der Waals surface area contributed by atoms with Crippen LogP contribution in [0.15, 0.2) is 0 Å². The minimum Gasteiger partial charge on any atom is -0.367 e. The van der Waals surface area contributed by atoms with Crippen LogP contribution < -0.4 is 0 Å². The standard InChI is InChI=1S/C7H18O4Si/c1-6(2)10-12(8,9-5)11-7(3)4/h6-8H,1-5H3. The predicted octanol–water partition coefficient (Wildman–Crippen LogP) is 0.911. The lowest BCUT2D eigenvalue weighted by atomic mass is 10.5. The van der Waals surface area contributed by atoms with Gasteiger partial charge < -0.3 is 18.1 Å². The highest BCUT2D eigenvalue weighted by molar-refractivity contribution is 6.51. The van der Waals surface area contributed by atoms with E-state index in [1.807, 2.05) is 27.7 Å². The Balaban J connectivity index is 4.04. The molecular weight excluding hydrogens is 176 g/mol. The zero-order chi connectivity index (χ0) is 9.78. The molecule has 0 aliphatic carbocycles. The third-order valence-corrected chi connectivity index (χ3v) is 3.08. The molecule has 0 atom stereocenters. The smallest absolute Gasteiger partial charge is 0.367 e. The van der Waals surface area contributed by atoms with E-state index in [4.69, 9.17) is 13.3 Å². The second-order valence-electron chi connectivity index (χ2n) is 3.06. The normalized spacial score (nSPS) is 13.0. The second-order valence-corrected chi connectivity index (χ2v) is 4.99. The molecule has 0 unspecified atom stereocenters. The van der Waals surface area contributed by atoms with Crippen LogP contribution in [0.25, 0.3) is 0 Å². The van der Waals surface area contributed by atoms with Gasteiger partial charge in [0, 0.05) is 19.3 Å². The van der Waals surface area contributed by atoms with Crippen LogP contribution in [-0.2, 0) is 13.3 Å². The first-order chi connectivity index (χ1) is 5.39. The summed E-state index contributed by atoms with van der Waals surface area (Å²) in [6, 6.07) is 0. The Morgan fingerprint density at radius 2 is 1.33 bits per heavy atom. The second kappa shape index (κ2) is 4.93. The lowest BCUT2D eigenvalue weighted by molar-refractivity contribution is -0.0280. The SMILES string of the molecule is CO[Si](O)(OC(C)C)OC(C)C. The molecule has 0 aliphatic heterocycles. The molecule has 0 rings (SSSR count). The minimum absolute atomic E-state index is 0.0969. The summed E-state index contributed by atoms with van der Waals surface area (Å²) < 4.78 is 15.1. The van der Waals surface area contributed by atoms with Crippen molar-refractivity contribution in [2.75, 3.05) is 7.11 Å². The highest BCUT2D eigenvalue weighted by Gasteiger charge is 2.41. The number of rotatable bonds is 5. The monoisotopic (exact) mass is 194 g/mol. The molecule has 0 amide bonds. The average molecular weight is 194 g/mol. The predicted molar refractivity (Wildman–Crippen MR) is 47.4 cm³/mol. The van der Waals surface area contributed by atoms with E-state index in [0.29, 0.717) is 0 Å². The molecule has 0 bridgehead atoms. The first-order valence-electron chi connectivity index (χ1n) is 4.03. The van der Waals surface area contributed by atoms with Crippen molar-refractivity contribution in [3.8, 4) is 0 Å². The quantitative estimate of drug-likeness (QED) is 0.661. The van der Waals surface area contributed by atoms with Crippen LogP contribution in [0.2, 0.25) is 0 Å². The topological polar surface area (TPSA) is 47.9 Å². The number of hydrogen-bond donors (Lipinski definition) is 1. The Labute approximate surface area is 74.9 Å². The van der Waals surface area contributed by atoms with E-state index in [1.165, 1.54) is 7.11 Å². The van der Waals surface area contributed by atoms with Crippen molar-refractivity contribution in [1.82, 2.24) is 0 Å². The summed E-state index contributed by atoms with van der Waals surface area (Å²) in [5.74, 6) is 0. The van der Waals surface area contributed by atoms with E-state index in [-0.39, 0.29) is 12.2 Å². The molecular formula is C7H18O4Si. The van der Waals surface area contributed by atoms with Crippen molar-refractivity contribution in [2.24, 2.45) is 0 Å². The molecule has 0 saturated heterocycles. The van der Waals surface area contributed by atoms with Gasteiger partial charge >= 0.3 is 9.05 Å². The molecule has 12 heavy (non-hydrogen) atoms. The third kappa shape index (κ3) is 4.84. The molecule has 0 aliphatic rings. The lowest BCUT2D eigenvalue weighted by Gasteiger charge is -2.24. The first-order valence-corrected chi connectivity index (χ1v) is 5.70. The van der Waals surface area contributed by atoms with Crippen LogP contribution in [0.5, 0.6) is 0 Å².